The molecule has 2 nitrogen and oxygen atoms in total. The summed E-state index contributed by atoms with van der Waals surface area (Å²) in [7, 11) is 0. The van der Waals surface area contributed by atoms with Gasteiger partial charge in [-0.1, -0.05) is 11.6 Å². The van der Waals surface area contributed by atoms with Crippen molar-refractivity contribution in [3.8, 4) is 11.3 Å². The largest absolute Gasteiger partial charge is 0.461 e. The van der Waals surface area contributed by atoms with Crippen molar-refractivity contribution >= 4 is 11.6 Å². The minimum absolute atomic E-state index is 0.0917. The third-order valence-electron chi connectivity index (χ3n) is 2.74. The molecule has 20 heavy (non-hydrogen) atoms. The third kappa shape index (κ3) is 3.35. The second-order valence-electron chi connectivity index (χ2n) is 4.64. The van der Waals surface area contributed by atoms with Crippen LogP contribution in [-0.2, 0) is 12.6 Å². The van der Waals surface area contributed by atoms with E-state index in [0.717, 1.165) is 12.1 Å². The quantitative estimate of drug-likeness (QED) is 0.906. The van der Waals surface area contributed by atoms with E-state index in [0.29, 0.717) is 17.9 Å². The topological polar surface area (TPSA) is 39.2 Å². The van der Waals surface area contributed by atoms with E-state index in [1.54, 1.807) is 12.1 Å². The van der Waals surface area contributed by atoms with Gasteiger partial charge >= 0.3 is 6.18 Å². The van der Waals surface area contributed by atoms with Crippen LogP contribution < -0.4 is 5.73 Å². The van der Waals surface area contributed by atoms with Gasteiger partial charge in [-0.15, -0.1) is 0 Å². The first kappa shape index (κ1) is 14.9. The Labute approximate surface area is 119 Å². The van der Waals surface area contributed by atoms with Gasteiger partial charge < -0.3 is 10.2 Å². The smallest absolute Gasteiger partial charge is 0.416 e. The predicted octanol–water partition coefficient (Wildman–Crippen LogP) is 4.51. The number of benzene rings is 1. The lowest BCUT2D eigenvalue weighted by atomic mass is 10.1. The number of hydrogen-bond acceptors (Lipinski definition) is 2. The molecule has 0 spiro atoms. The standard InChI is InChI=1S/C14H13ClF3NO/c1-8(19)6-10-3-5-13(20-10)11-7-9(14(16,17)18)2-4-12(11)15/h2-5,7-8H,6,19H2,1H3. The molecule has 108 valence electrons. The summed E-state index contributed by atoms with van der Waals surface area (Å²) >= 11 is 5.94. The molecule has 0 aliphatic heterocycles. The number of alkyl halides is 3. The van der Waals surface area contributed by atoms with Gasteiger partial charge in [-0.25, -0.2) is 0 Å². The summed E-state index contributed by atoms with van der Waals surface area (Å²) < 4.78 is 43.6. The van der Waals surface area contributed by atoms with Crippen LogP contribution in [0, 0.1) is 0 Å². The maximum absolute atomic E-state index is 12.7. The van der Waals surface area contributed by atoms with E-state index in [9.17, 15) is 13.2 Å². The molecule has 0 radical (unpaired) electrons. The summed E-state index contributed by atoms with van der Waals surface area (Å²) in [4.78, 5) is 0. The monoisotopic (exact) mass is 303 g/mol. The maximum atomic E-state index is 12.7. The summed E-state index contributed by atoms with van der Waals surface area (Å²) in [5, 5.41) is 0.208. The van der Waals surface area contributed by atoms with Gasteiger partial charge in [-0.2, -0.15) is 13.2 Å². The van der Waals surface area contributed by atoms with Gasteiger partial charge in [0.25, 0.3) is 0 Å². The Morgan fingerprint density at radius 3 is 2.55 bits per heavy atom. The first-order chi connectivity index (χ1) is 9.27. The average Bonchev–Trinajstić information content (AvgIpc) is 2.75. The molecule has 1 heterocycles. The van der Waals surface area contributed by atoms with Gasteiger partial charge in [0.1, 0.15) is 11.5 Å². The van der Waals surface area contributed by atoms with Crippen LogP contribution >= 0.6 is 11.6 Å². The SMILES string of the molecule is CC(N)Cc1ccc(-c2cc(C(F)(F)F)ccc2Cl)o1. The Morgan fingerprint density at radius 1 is 1.25 bits per heavy atom. The van der Waals surface area contributed by atoms with E-state index in [-0.39, 0.29) is 16.6 Å². The first-order valence-electron chi connectivity index (χ1n) is 5.99. The van der Waals surface area contributed by atoms with Crippen molar-refractivity contribution in [2.45, 2.75) is 25.6 Å². The maximum Gasteiger partial charge on any atom is 0.416 e. The molecule has 0 saturated carbocycles. The van der Waals surface area contributed by atoms with E-state index in [2.05, 4.69) is 0 Å². The Balaban J connectivity index is 2.39. The van der Waals surface area contributed by atoms with Gasteiger partial charge in [-0.3, -0.25) is 0 Å². The number of rotatable bonds is 3. The zero-order valence-corrected chi connectivity index (χ0v) is 11.4. The summed E-state index contributed by atoms with van der Waals surface area (Å²) in [6.45, 7) is 1.82. The molecule has 0 saturated heterocycles. The van der Waals surface area contributed by atoms with Crippen LogP contribution in [-0.4, -0.2) is 6.04 Å². The van der Waals surface area contributed by atoms with Crippen molar-refractivity contribution in [1.82, 2.24) is 0 Å². The summed E-state index contributed by atoms with van der Waals surface area (Å²) in [6, 6.07) is 6.34. The second-order valence-corrected chi connectivity index (χ2v) is 5.05. The Morgan fingerprint density at radius 2 is 1.95 bits per heavy atom. The van der Waals surface area contributed by atoms with Gasteiger partial charge in [0.2, 0.25) is 0 Å². The van der Waals surface area contributed by atoms with Crippen LogP contribution in [0.25, 0.3) is 11.3 Å². The Bertz CT molecular complexity index is 605. The van der Waals surface area contributed by atoms with E-state index >= 15 is 0 Å². The lowest BCUT2D eigenvalue weighted by molar-refractivity contribution is -0.137. The fourth-order valence-corrected chi connectivity index (χ4v) is 2.05. The molecule has 1 aromatic carbocycles. The fourth-order valence-electron chi connectivity index (χ4n) is 1.84. The molecule has 0 fully saturated rings. The highest BCUT2D eigenvalue weighted by molar-refractivity contribution is 6.33. The minimum Gasteiger partial charge on any atom is -0.461 e. The van der Waals surface area contributed by atoms with Crippen LogP contribution in [0.3, 0.4) is 0 Å². The van der Waals surface area contributed by atoms with Crippen molar-refractivity contribution in [3.63, 3.8) is 0 Å². The van der Waals surface area contributed by atoms with Crippen LogP contribution in [0.5, 0.6) is 0 Å². The van der Waals surface area contributed by atoms with E-state index < -0.39 is 11.7 Å². The Kier molecular flexibility index (Phi) is 4.11. The third-order valence-corrected chi connectivity index (χ3v) is 3.07. The molecular weight excluding hydrogens is 291 g/mol. The molecule has 0 bridgehead atoms. The van der Waals surface area contributed by atoms with E-state index in [4.69, 9.17) is 21.8 Å². The van der Waals surface area contributed by atoms with Crippen molar-refractivity contribution < 1.29 is 17.6 Å². The molecular formula is C14H13ClF3NO. The number of furan rings is 1. The first-order valence-corrected chi connectivity index (χ1v) is 6.36. The van der Waals surface area contributed by atoms with Crippen molar-refractivity contribution in [2.24, 2.45) is 5.73 Å². The molecule has 6 heteroatoms. The van der Waals surface area contributed by atoms with Crippen LogP contribution in [0.15, 0.2) is 34.7 Å². The van der Waals surface area contributed by atoms with E-state index in [1.165, 1.54) is 6.07 Å². The van der Waals surface area contributed by atoms with Gasteiger partial charge in [0, 0.05) is 18.0 Å². The molecule has 1 aromatic heterocycles. The van der Waals surface area contributed by atoms with Crippen molar-refractivity contribution in [3.05, 3.63) is 46.7 Å². The van der Waals surface area contributed by atoms with Crippen LogP contribution in [0.4, 0.5) is 13.2 Å². The highest BCUT2D eigenvalue weighted by Gasteiger charge is 2.31. The molecule has 2 rings (SSSR count). The van der Waals surface area contributed by atoms with Crippen molar-refractivity contribution in [1.29, 1.82) is 0 Å². The van der Waals surface area contributed by atoms with Gasteiger partial charge in [0.15, 0.2) is 0 Å². The fraction of sp³-hybridized carbons (Fsp3) is 0.286. The molecule has 1 unspecified atom stereocenters. The van der Waals surface area contributed by atoms with Gasteiger partial charge in [-0.05, 0) is 37.3 Å². The van der Waals surface area contributed by atoms with Crippen molar-refractivity contribution in [2.75, 3.05) is 0 Å². The van der Waals surface area contributed by atoms with Gasteiger partial charge in [0.05, 0.1) is 10.6 Å². The highest BCUT2D eigenvalue weighted by Crippen LogP contribution is 2.36. The summed E-state index contributed by atoms with van der Waals surface area (Å²) in [6.07, 6.45) is -3.91. The minimum atomic E-state index is -4.42. The summed E-state index contributed by atoms with van der Waals surface area (Å²) in [5.74, 6) is 0.917. The number of hydrogen-bond donors (Lipinski definition) is 1. The Hall–Kier alpha value is -1.46. The lowest BCUT2D eigenvalue weighted by Crippen LogP contribution is -2.17. The van der Waals surface area contributed by atoms with Crippen LogP contribution in [0.2, 0.25) is 5.02 Å². The molecule has 0 aliphatic carbocycles. The second kappa shape index (κ2) is 5.50. The normalized spacial score (nSPS) is 13.5. The lowest BCUT2D eigenvalue weighted by Gasteiger charge is -2.09. The zero-order valence-electron chi connectivity index (χ0n) is 10.7. The predicted molar refractivity (Wildman–Crippen MR) is 71.5 cm³/mol. The van der Waals surface area contributed by atoms with E-state index in [1.807, 2.05) is 6.92 Å². The molecule has 1 atom stereocenters. The molecule has 0 aliphatic rings. The zero-order chi connectivity index (χ0) is 14.9. The van der Waals surface area contributed by atoms with Crippen LogP contribution in [0.1, 0.15) is 18.2 Å². The molecule has 0 amide bonds. The number of nitrogens with two attached hydrogens (primary N) is 1. The average molecular weight is 304 g/mol. The molecule has 2 aromatic rings. The summed E-state index contributed by atoms with van der Waals surface area (Å²) in [5.41, 5.74) is 5.11. The number of halogens is 4. The highest BCUT2D eigenvalue weighted by atomic mass is 35.5. The molecule has 2 N–H and O–H groups in total.